The molecule has 0 fully saturated rings. The van der Waals surface area contributed by atoms with Gasteiger partial charge in [0.25, 0.3) is 5.91 Å². The minimum atomic E-state index is -0.520. The Morgan fingerprint density at radius 3 is 2.33 bits per heavy atom. The molecule has 0 saturated carbocycles. The fraction of sp³-hybridized carbons (Fsp3) is 0.308. The van der Waals surface area contributed by atoms with Crippen molar-refractivity contribution in [3.05, 3.63) is 46.5 Å². The molecule has 1 aromatic rings. The summed E-state index contributed by atoms with van der Waals surface area (Å²) in [6.45, 7) is 7.37. The van der Waals surface area contributed by atoms with E-state index in [0.717, 1.165) is 0 Å². The van der Waals surface area contributed by atoms with Gasteiger partial charge in [-0.1, -0.05) is 29.3 Å². The third-order valence-corrected chi connectivity index (χ3v) is 3.06. The summed E-state index contributed by atoms with van der Waals surface area (Å²) in [4.78, 5) is 12.2. The standard InChI is InChI=1S/C13H16Cl2N2O/c1-4-5-13(2,3)17(16)12(18)9-6-10(14)8-11(15)7-9/h4,6-8H,1,5,16H2,2-3H3. The van der Waals surface area contributed by atoms with Gasteiger partial charge in [-0.05, 0) is 38.5 Å². The largest absolute Gasteiger partial charge is 0.271 e. The Hall–Kier alpha value is -1.03. The number of halogens is 2. The lowest BCUT2D eigenvalue weighted by atomic mass is 9.99. The van der Waals surface area contributed by atoms with Gasteiger partial charge >= 0.3 is 0 Å². The van der Waals surface area contributed by atoms with Crippen LogP contribution in [0.2, 0.25) is 10.0 Å². The number of carbonyl (C=O) groups excluding carboxylic acids is 1. The SMILES string of the molecule is C=CCC(C)(C)N(N)C(=O)c1cc(Cl)cc(Cl)c1. The van der Waals surface area contributed by atoms with E-state index in [-0.39, 0.29) is 5.91 Å². The first-order valence-electron chi connectivity index (χ1n) is 5.44. The average Bonchev–Trinajstić information content (AvgIpc) is 2.25. The number of hydrogen-bond acceptors (Lipinski definition) is 2. The molecule has 0 radical (unpaired) electrons. The summed E-state index contributed by atoms with van der Waals surface area (Å²) >= 11 is 11.7. The maximum Gasteiger partial charge on any atom is 0.268 e. The predicted octanol–water partition coefficient (Wildman–Crippen LogP) is 3.66. The van der Waals surface area contributed by atoms with Crippen LogP contribution in [0.1, 0.15) is 30.6 Å². The summed E-state index contributed by atoms with van der Waals surface area (Å²) in [6.07, 6.45) is 2.31. The second-order valence-electron chi connectivity index (χ2n) is 4.64. The fourth-order valence-electron chi connectivity index (χ4n) is 1.54. The summed E-state index contributed by atoms with van der Waals surface area (Å²) in [5.41, 5.74) is -0.152. The van der Waals surface area contributed by atoms with Gasteiger partial charge in [-0.15, -0.1) is 6.58 Å². The van der Waals surface area contributed by atoms with Crippen molar-refractivity contribution in [1.29, 1.82) is 0 Å². The van der Waals surface area contributed by atoms with Crippen LogP contribution < -0.4 is 5.84 Å². The van der Waals surface area contributed by atoms with E-state index >= 15 is 0 Å². The van der Waals surface area contributed by atoms with Gasteiger partial charge in [-0.2, -0.15) is 0 Å². The third kappa shape index (κ3) is 3.48. The lowest BCUT2D eigenvalue weighted by Crippen LogP contribution is -2.52. The molecule has 18 heavy (non-hydrogen) atoms. The number of nitrogens with zero attached hydrogens (tertiary/aromatic N) is 1. The van der Waals surface area contributed by atoms with E-state index in [1.165, 1.54) is 5.01 Å². The van der Waals surface area contributed by atoms with Crippen molar-refractivity contribution in [3.8, 4) is 0 Å². The summed E-state index contributed by atoms with van der Waals surface area (Å²) in [5.74, 6) is 5.54. The molecule has 1 amide bonds. The maximum absolute atomic E-state index is 12.2. The number of hydrazine groups is 1. The first-order valence-corrected chi connectivity index (χ1v) is 6.20. The zero-order chi connectivity index (χ0) is 13.9. The molecule has 0 aliphatic heterocycles. The van der Waals surface area contributed by atoms with Gasteiger partial charge in [0.1, 0.15) is 0 Å². The number of hydrogen-bond donors (Lipinski definition) is 1. The lowest BCUT2D eigenvalue weighted by molar-refractivity contribution is 0.0552. The highest BCUT2D eigenvalue weighted by atomic mass is 35.5. The van der Waals surface area contributed by atoms with E-state index in [1.807, 2.05) is 13.8 Å². The van der Waals surface area contributed by atoms with E-state index in [0.29, 0.717) is 22.0 Å². The van der Waals surface area contributed by atoms with Crippen molar-refractivity contribution in [2.75, 3.05) is 0 Å². The van der Waals surface area contributed by atoms with Crippen molar-refractivity contribution < 1.29 is 4.79 Å². The molecule has 2 N–H and O–H groups in total. The molecule has 0 aromatic heterocycles. The van der Waals surface area contributed by atoms with Gasteiger partial charge in [-0.3, -0.25) is 9.80 Å². The van der Waals surface area contributed by atoms with E-state index in [4.69, 9.17) is 29.0 Å². The number of carbonyl (C=O) groups is 1. The molecule has 1 aromatic carbocycles. The van der Waals surface area contributed by atoms with Gasteiger partial charge in [0.2, 0.25) is 0 Å². The molecule has 0 spiro atoms. The normalized spacial score (nSPS) is 11.2. The van der Waals surface area contributed by atoms with Gasteiger partial charge in [-0.25, -0.2) is 5.84 Å². The van der Waals surface area contributed by atoms with Gasteiger partial charge in [0, 0.05) is 15.6 Å². The zero-order valence-corrected chi connectivity index (χ0v) is 11.9. The highest BCUT2D eigenvalue weighted by molar-refractivity contribution is 6.35. The molecule has 0 heterocycles. The van der Waals surface area contributed by atoms with E-state index in [2.05, 4.69) is 6.58 Å². The van der Waals surface area contributed by atoms with E-state index < -0.39 is 5.54 Å². The quantitative estimate of drug-likeness (QED) is 0.397. The van der Waals surface area contributed by atoms with Crippen LogP contribution in [0.3, 0.4) is 0 Å². The van der Waals surface area contributed by atoms with Gasteiger partial charge in [0.15, 0.2) is 0 Å². The molecular formula is C13H16Cl2N2O. The topological polar surface area (TPSA) is 46.3 Å². The Morgan fingerprint density at radius 2 is 1.89 bits per heavy atom. The first kappa shape index (κ1) is 15.0. The lowest BCUT2D eigenvalue weighted by Gasteiger charge is -2.34. The van der Waals surface area contributed by atoms with Crippen LogP contribution >= 0.6 is 23.2 Å². The molecule has 0 aliphatic carbocycles. The van der Waals surface area contributed by atoms with E-state index in [1.54, 1.807) is 24.3 Å². The van der Waals surface area contributed by atoms with Crippen molar-refractivity contribution in [3.63, 3.8) is 0 Å². The number of benzene rings is 1. The minimum Gasteiger partial charge on any atom is -0.271 e. The molecule has 98 valence electrons. The van der Waals surface area contributed by atoms with Crippen molar-refractivity contribution in [2.24, 2.45) is 5.84 Å². The Morgan fingerprint density at radius 1 is 1.39 bits per heavy atom. The summed E-state index contributed by atoms with van der Waals surface area (Å²) in [6, 6.07) is 4.65. The number of rotatable bonds is 4. The second kappa shape index (κ2) is 5.74. The molecule has 1 rings (SSSR count). The number of nitrogens with two attached hydrogens (primary N) is 1. The maximum atomic E-state index is 12.2. The van der Waals surface area contributed by atoms with Crippen molar-refractivity contribution in [2.45, 2.75) is 25.8 Å². The molecule has 0 atom stereocenters. The smallest absolute Gasteiger partial charge is 0.268 e. The molecular weight excluding hydrogens is 271 g/mol. The monoisotopic (exact) mass is 286 g/mol. The Bertz CT molecular complexity index is 452. The van der Waals surface area contributed by atoms with Gasteiger partial charge in [0.05, 0.1) is 5.54 Å². The summed E-state index contributed by atoms with van der Waals surface area (Å²) in [7, 11) is 0. The highest BCUT2D eigenvalue weighted by Gasteiger charge is 2.28. The molecule has 0 unspecified atom stereocenters. The fourth-order valence-corrected chi connectivity index (χ4v) is 2.07. The molecule has 0 bridgehead atoms. The predicted molar refractivity (Wildman–Crippen MR) is 75.7 cm³/mol. The van der Waals surface area contributed by atoms with Crippen LogP contribution in [0.4, 0.5) is 0 Å². The molecule has 0 aliphatic rings. The molecule has 3 nitrogen and oxygen atoms in total. The van der Waals surface area contributed by atoms with Crippen LogP contribution in [0.5, 0.6) is 0 Å². The second-order valence-corrected chi connectivity index (χ2v) is 5.51. The Labute approximate surface area is 117 Å². The van der Waals surface area contributed by atoms with Crippen LogP contribution in [-0.4, -0.2) is 16.5 Å². The first-order chi connectivity index (χ1) is 8.27. The summed E-state index contributed by atoms with van der Waals surface area (Å²) < 4.78 is 0. The van der Waals surface area contributed by atoms with Crippen LogP contribution in [0.15, 0.2) is 30.9 Å². The van der Waals surface area contributed by atoms with Crippen LogP contribution in [-0.2, 0) is 0 Å². The van der Waals surface area contributed by atoms with Gasteiger partial charge < -0.3 is 0 Å². The van der Waals surface area contributed by atoms with Crippen LogP contribution in [0.25, 0.3) is 0 Å². The highest BCUT2D eigenvalue weighted by Crippen LogP contribution is 2.23. The zero-order valence-electron chi connectivity index (χ0n) is 10.4. The summed E-state index contributed by atoms with van der Waals surface area (Å²) in [5, 5.41) is 1.98. The Balaban J connectivity index is 3.03. The van der Waals surface area contributed by atoms with Crippen LogP contribution in [0, 0.1) is 0 Å². The van der Waals surface area contributed by atoms with Crippen molar-refractivity contribution >= 4 is 29.1 Å². The Kier molecular flexibility index (Phi) is 4.79. The third-order valence-electron chi connectivity index (χ3n) is 2.62. The minimum absolute atomic E-state index is 0.328. The van der Waals surface area contributed by atoms with Crippen molar-refractivity contribution in [1.82, 2.24) is 5.01 Å². The number of amides is 1. The molecule has 0 saturated heterocycles. The molecule has 5 heteroatoms. The van der Waals surface area contributed by atoms with E-state index in [9.17, 15) is 4.79 Å². The average molecular weight is 287 g/mol.